The number of aliphatic hydroxyl groups excluding tert-OH is 1. The highest BCUT2D eigenvalue weighted by Crippen LogP contribution is 2.29. The van der Waals surface area contributed by atoms with E-state index in [9.17, 15) is 19.5 Å². The van der Waals surface area contributed by atoms with E-state index in [0.717, 1.165) is 6.42 Å². The lowest BCUT2D eigenvalue weighted by molar-refractivity contribution is -0.152. The van der Waals surface area contributed by atoms with Crippen LogP contribution in [0.25, 0.3) is 0 Å². The number of carbonyl (C=O) groups excluding carboxylic acids is 3. The van der Waals surface area contributed by atoms with Gasteiger partial charge in [0.25, 0.3) is 0 Å². The second kappa shape index (κ2) is 12.9. The van der Waals surface area contributed by atoms with Gasteiger partial charge in [-0.25, -0.2) is 0 Å². The first kappa shape index (κ1) is 26.3. The highest BCUT2D eigenvalue weighted by atomic mass is 16.5. The zero-order valence-electron chi connectivity index (χ0n) is 19.7. The minimum absolute atomic E-state index is 0.0801. The van der Waals surface area contributed by atoms with Crippen molar-refractivity contribution in [3.05, 3.63) is 24.0 Å². The summed E-state index contributed by atoms with van der Waals surface area (Å²) in [6.45, 7) is 8.35. The topological polar surface area (TPSA) is 99.1 Å². The average Bonchev–Trinajstić information content (AvgIpc) is 2.66. The van der Waals surface area contributed by atoms with Crippen molar-refractivity contribution < 1.29 is 33.7 Å². The summed E-state index contributed by atoms with van der Waals surface area (Å²) in [7, 11) is 0. The molecule has 0 saturated carbocycles. The summed E-state index contributed by atoms with van der Waals surface area (Å²) < 4.78 is 17.3. The maximum Gasteiger partial charge on any atom is 0.308 e. The molecule has 0 saturated heterocycles. The number of aliphatic hydroxyl groups is 1. The summed E-state index contributed by atoms with van der Waals surface area (Å²) in [5.74, 6) is -0.743. The predicted molar refractivity (Wildman–Crippen MR) is 120 cm³/mol. The van der Waals surface area contributed by atoms with Crippen LogP contribution >= 0.6 is 0 Å². The summed E-state index contributed by atoms with van der Waals surface area (Å²) in [6.07, 6.45) is 5.24. The summed E-state index contributed by atoms with van der Waals surface area (Å²) in [5, 5.41) is 10.4. The number of fused-ring (bicyclic) bond motifs is 2. The Bertz CT molecular complexity index is 709. The van der Waals surface area contributed by atoms with Crippen molar-refractivity contribution in [3.63, 3.8) is 0 Å². The molecule has 7 heteroatoms. The van der Waals surface area contributed by atoms with E-state index >= 15 is 0 Å². The van der Waals surface area contributed by atoms with E-state index in [2.05, 4.69) is 13.8 Å². The molecule has 1 N–H and O–H groups in total. The fourth-order valence-corrected chi connectivity index (χ4v) is 4.10. The van der Waals surface area contributed by atoms with Gasteiger partial charge in [0, 0.05) is 25.5 Å². The van der Waals surface area contributed by atoms with Gasteiger partial charge < -0.3 is 19.3 Å². The van der Waals surface area contributed by atoms with Crippen LogP contribution in [0.5, 0.6) is 0 Å². The monoisotopic (exact) mass is 450 g/mol. The van der Waals surface area contributed by atoms with Crippen LogP contribution in [0.15, 0.2) is 24.0 Å². The van der Waals surface area contributed by atoms with Gasteiger partial charge in [-0.2, -0.15) is 0 Å². The van der Waals surface area contributed by atoms with Gasteiger partial charge in [0.2, 0.25) is 0 Å². The Labute approximate surface area is 191 Å². The number of rotatable bonds is 5. The Morgan fingerprint density at radius 3 is 2.59 bits per heavy atom. The number of Topliss-reactive ketones (excluding diaryl/α,β-unsaturated/α-hetero) is 1. The van der Waals surface area contributed by atoms with Crippen LogP contribution in [-0.2, 0) is 28.6 Å². The average molecular weight is 451 g/mol. The molecule has 2 aliphatic rings. The molecular weight excluding hydrogens is 412 g/mol. The van der Waals surface area contributed by atoms with Crippen molar-refractivity contribution >= 4 is 17.5 Å². The van der Waals surface area contributed by atoms with Crippen LogP contribution in [0.3, 0.4) is 0 Å². The molecule has 0 aromatic rings. The van der Waals surface area contributed by atoms with Crippen molar-refractivity contribution in [1.29, 1.82) is 0 Å². The van der Waals surface area contributed by atoms with E-state index < -0.39 is 24.1 Å². The molecule has 0 fully saturated rings. The Balaban J connectivity index is 2.29. The summed E-state index contributed by atoms with van der Waals surface area (Å²) in [5.41, 5.74) is 0. The Kier molecular flexibility index (Phi) is 10.6. The smallest absolute Gasteiger partial charge is 0.308 e. The number of ether oxygens (including phenoxy) is 3. The van der Waals surface area contributed by atoms with Gasteiger partial charge >= 0.3 is 5.97 Å². The van der Waals surface area contributed by atoms with Crippen molar-refractivity contribution in [3.8, 4) is 0 Å². The molecule has 2 rings (SSSR count). The van der Waals surface area contributed by atoms with Gasteiger partial charge in [0.1, 0.15) is 23.8 Å². The van der Waals surface area contributed by atoms with Gasteiger partial charge in [-0.1, -0.05) is 19.9 Å². The largest absolute Gasteiger partial charge is 0.489 e. The molecule has 32 heavy (non-hydrogen) atoms. The van der Waals surface area contributed by atoms with Crippen LogP contribution in [-0.4, -0.2) is 53.7 Å². The van der Waals surface area contributed by atoms with Gasteiger partial charge in [-0.15, -0.1) is 0 Å². The number of hydrogen-bond donors (Lipinski definition) is 1. The molecule has 0 spiro atoms. The molecule has 0 aliphatic carbocycles. The number of hydrogen-bond acceptors (Lipinski definition) is 7. The molecule has 0 radical (unpaired) electrons. The molecule has 2 bridgehead atoms. The van der Waals surface area contributed by atoms with Gasteiger partial charge in [-0.05, 0) is 45.1 Å². The molecular formula is C25H38O7. The Morgan fingerprint density at radius 1 is 1.16 bits per heavy atom. The van der Waals surface area contributed by atoms with Gasteiger partial charge in [0.05, 0.1) is 31.0 Å². The Hall–Kier alpha value is -1.99. The zero-order valence-corrected chi connectivity index (χ0v) is 19.7. The third-order valence-electron chi connectivity index (χ3n) is 5.68. The number of allylic oxidation sites excluding steroid dienone is 2. The number of esters is 1. The normalized spacial score (nSPS) is 31.6. The molecule has 0 aromatic carbocycles. The van der Waals surface area contributed by atoms with Crippen molar-refractivity contribution in [2.24, 2.45) is 11.8 Å². The van der Waals surface area contributed by atoms with E-state index in [4.69, 9.17) is 14.2 Å². The summed E-state index contributed by atoms with van der Waals surface area (Å²) in [6, 6.07) is 0. The first-order valence-corrected chi connectivity index (χ1v) is 11.8. The molecule has 180 valence electrons. The van der Waals surface area contributed by atoms with Crippen molar-refractivity contribution in [2.45, 2.75) is 97.1 Å². The molecule has 0 amide bonds. The number of carbonyl (C=O) groups is 3. The number of cyclic esters (lactones) is 1. The van der Waals surface area contributed by atoms with Crippen LogP contribution in [0.4, 0.5) is 0 Å². The summed E-state index contributed by atoms with van der Waals surface area (Å²) >= 11 is 0. The van der Waals surface area contributed by atoms with Crippen LogP contribution in [0.1, 0.15) is 72.6 Å². The van der Waals surface area contributed by atoms with Crippen LogP contribution in [0.2, 0.25) is 0 Å². The SMILES string of the molecule is CCOC1C/C=C/C2CC(=O)C=C(O2)C(CCC(C)C)C(=O)CC(O)CC(=O)OC(C)C1. The Morgan fingerprint density at radius 2 is 1.91 bits per heavy atom. The molecule has 2 aliphatic heterocycles. The second-order valence-electron chi connectivity index (χ2n) is 9.20. The lowest BCUT2D eigenvalue weighted by Gasteiger charge is -2.28. The molecule has 7 nitrogen and oxygen atoms in total. The van der Waals surface area contributed by atoms with E-state index in [0.29, 0.717) is 37.5 Å². The molecule has 2 heterocycles. The van der Waals surface area contributed by atoms with E-state index in [1.807, 2.05) is 19.1 Å². The highest BCUT2D eigenvalue weighted by molar-refractivity contribution is 5.93. The predicted octanol–water partition coefficient (Wildman–Crippen LogP) is 3.68. The first-order chi connectivity index (χ1) is 15.2. The minimum Gasteiger partial charge on any atom is -0.489 e. The fraction of sp³-hybridized carbons (Fsp3) is 0.720. The molecule has 5 atom stereocenters. The van der Waals surface area contributed by atoms with Crippen LogP contribution in [0, 0.1) is 11.8 Å². The third kappa shape index (κ3) is 8.87. The minimum atomic E-state index is -1.14. The summed E-state index contributed by atoms with van der Waals surface area (Å²) in [4.78, 5) is 37.7. The van der Waals surface area contributed by atoms with Gasteiger partial charge in [0.15, 0.2) is 5.78 Å². The second-order valence-corrected chi connectivity index (χ2v) is 9.20. The lowest BCUT2D eigenvalue weighted by Crippen LogP contribution is -2.31. The van der Waals surface area contributed by atoms with E-state index in [-0.39, 0.29) is 43.0 Å². The number of ketones is 2. The van der Waals surface area contributed by atoms with Crippen LogP contribution < -0.4 is 0 Å². The highest BCUT2D eigenvalue weighted by Gasteiger charge is 2.32. The van der Waals surface area contributed by atoms with E-state index in [1.54, 1.807) is 6.92 Å². The van der Waals surface area contributed by atoms with Crippen molar-refractivity contribution in [1.82, 2.24) is 0 Å². The zero-order chi connectivity index (χ0) is 23.7. The fourth-order valence-electron chi connectivity index (χ4n) is 4.10. The lowest BCUT2D eigenvalue weighted by atomic mass is 9.88. The van der Waals surface area contributed by atoms with E-state index in [1.165, 1.54) is 6.08 Å². The molecule has 5 unspecified atom stereocenters. The maximum absolute atomic E-state index is 13.0. The first-order valence-electron chi connectivity index (χ1n) is 11.8. The third-order valence-corrected chi connectivity index (χ3v) is 5.68. The molecule has 0 aromatic heterocycles. The maximum atomic E-state index is 13.0. The quantitative estimate of drug-likeness (QED) is 0.504. The van der Waals surface area contributed by atoms with Gasteiger partial charge in [-0.3, -0.25) is 14.4 Å². The standard InChI is InChI=1S/C25H38O7/c1-5-30-20-7-6-8-21-12-18(26)14-24(32-21)22(10-9-16(2)3)23(28)13-19(27)15-25(29)31-17(4)11-20/h6,8,14,16-17,19-22,27H,5,7,9-13,15H2,1-4H3/b8-6+. The van der Waals surface area contributed by atoms with Crippen molar-refractivity contribution in [2.75, 3.05) is 6.61 Å².